The fourth-order valence-electron chi connectivity index (χ4n) is 1.80. The van der Waals surface area contributed by atoms with Crippen LogP contribution in [0.2, 0.25) is 0 Å². The van der Waals surface area contributed by atoms with Crippen LogP contribution in [-0.2, 0) is 0 Å². The van der Waals surface area contributed by atoms with E-state index in [0.717, 1.165) is 22.2 Å². The van der Waals surface area contributed by atoms with Crippen LogP contribution in [0.1, 0.15) is 16.8 Å². The average Bonchev–Trinajstić information content (AvgIpc) is 2.41. The van der Waals surface area contributed by atoms with Gasteiger partial charge >= 0.3 is 0 Å². The zero-order chi connectivity index (χ0) is 11.2. The smallest absolute Gasteiger partial charge is 0.273 e. The second kappa shape index (κ2) is 3.08. The summed E-state index contributed by atoms with van der Waals surface area (Å²) in [7, 11) is 0. The van der Waals surface area contributed by atoms with Crippen molar-refractivity contribution in [2.24, 2.45) is 0 Å². The molecule has 0 atom stereocenters. The predicted molar refractivity (Wildman–Crippen MR) is 59.2 cm³/mol. The number of hydrogen-bond acceptors (Lipinski definition) is 2. The Morgan fingerprint density at radius 1 is 1.27 bits per heavy atom. The molecule has 0 aliphatic carbocycles. The van der Waals surface area contributed by atoms with Crippen molar-refractivity contribution in [1.29, 1.82) is 0 Å². The van der Waals surface area contributed by atoms with E-state index in [4.69, 9.17) is 0 Å². The minimum Gasteiger partial charge on any atom is -0.358 e. The van der Waals surface area contributed by atoms with Gasteiger partial charge in [-0.05, 0) is 32.4 Å². The molecule has 0 amide bonds. The molecule has 2 aromatic rings. The predicted octanol–water partition coefficient (Wildman–Crippen LogP) is 3.00. The molecule has 1 aromatic carbocycles. The number of nitrogens with one attached hydrogen (secondary N) is 1. The van der Waals surface area contributed by atoms with Crippen LogP contribution < -0.4 is 0 Å². The van der Waals surface area contributed by atoms with Crippen molar-refractivity contribution in [1.82, 2.24) is 4.98 Å². The first kappa shape index (κ1) is 9.71. The number of aryl methyl sites for hydroxylation is 3. The molecular formula is C11H12N2O2. The van der Waals surface area contributed by atoms with Gasteiger partial charge in [0.05, 0.1) is 4.92 Å². The summed E-state index contributed by atoms with van der Waals surface area (Å²) in [6.07, 6.45) is 0. The molecule has 1 N–H and O–H groups in total. The van der Waals surface area contributed by atoms with Gasteiger partial charge in [0.15, 0.2) is 0 Å². The maximum absolute atomic E-state index is 10.8. The lowest BCUT2D eigenvalue weighted by atomic mass is 10.1. The molecule has 0 saturated carbocycles. The standard InChI is InChI=1S/C11H12N2O2/c1-6-4-10-9(5-11(6)13(14)15)7(2)8(3)12-10/h4-5,12H,1-3H3. The third kappa shape index (κ3) is 1.38. The van der Waals surface area contributed by atoms with Crippen molar-refractivity contribution >= 4 is 16.6 Å². The summed E-state index contributed by atoms with van der Waals surface area (Å²) in [4.78, 5) is 13.7. The number of nitro benzene ring substituents is 1. The highest BCUT2D eigenvalue weighted by Crippen LogP contribution is 2.28. The van der Waals surface area contributed by atoms with Crippen LogP contribution >= 0.6 is 0 Å². The maximum Gasteiger partial charge on any atom is 0.273 e. The van der Waals surface area contributed by atoms with E-state index in [0.29, 0.717) is 5.56 Å². The molecule has 4 nitrogen and oxygen atoms in total. The van der Waals surface area contributed by atoms with E-state index in [1.54, 1.807) is 13.0 Å². The quantitative estimate of drug-likeness (QED) is 0.573. The van der Waals surface area contributed by atoms with Crippen molar-refractivity contribution in [2.75, 3.05) is 0 Å². The highest BCUT2D eigenvalue weighted by molar-refractivity contribution is 5.87. The number of aromatic amines is 1. The van der Waals surface area contributed by atoms with Gasteiger partial charge in [-0.3, -0.25) is 10.1 Å². The highest BCUT2D eigenvalue weighted by atomic mass is 16.6. The Balaban J connectivity index is 2.83. The van der Waals surface area contributed by atoms with Gasteiger partial charge in [0.1, 0.15) is 0 Å². The van der Waals surface area contributed by atoms with Gasteiger partial charge in [0.2, 0.25) is 0 Å². The van der Waals surface area contributed by atoms with Gasteiger partial charge in [-0.15, -0.1) is 0 Å². The van der Waals surface area contributed by atoms with Gasteiger partial charge < -0.3 is 4.98 Å². The van der Waals surface area contributed by atoms with Crippen molar-refractivity contribution in [3.05, 3.63) is 39.1 Å². The summed E-state index contributed by atoms with van der Waals surface area (Å²) in [5.41, 5.74) is 3.98. The molecule has 0 saturated heterocycles. The summed E-state index contributed by atoms with van der Waals surface area (Å²) in [5.74, 6) is 0. The van der Waals surface area contributed by atoms with E-state index in [-0.39, 0.29) is 10.6 Å². The fraction of sp³-hybridized carbons (Fsp3) is 0.273. The van der Waals surface area contributed by atoms with E-state index < -0.39 is 0 Å². The molecule has 78 valence electrons. The number of fused-ring (bicyclic) bond motifs is 1. The van der Waals surface area contributed by atoms with Crippen LogP contribution in [0, 0.1) is 30.9 Å². The molecule has 0 spiro atoms. The number of nitro groups is 1. The Morgan fingerprint density at radius 3 is 2.53 bits per heavy atom. The monoisotopic (exact) mass is 204 g/mol. The summed E-state index contributed by atoms with van der Waals surface area (Å²) in [6, 6.07) is 3.47. The number of aromatic nitrogens is 1. The van der Waals surface area contributed by atoms with Crippen molar-refractivity contribution in [3.63, 3.8) is 0 Å². The van der Waals surface area contributed by atoms with E-state index in [2.05, 4.69) is 4.98 Å². The van der Waals surface area contributed by atoms with Crippen LogP contribution in [0.15, 0.2) is 12.1 Å². The lowest BCUT2D eigenvalue weighted by Gasteiger charge is -1.97. The van der Waals surface area contributed by atoms with Crippen LogP contribution in [0.3, 0.4) is 0 Å². The summed E-state index contributed by atoms with van der Waals surface area (Å²) >= 11 is 0. The van der Waals surface area contributed by atoms with E-state index in [1.165, 1.54) is 0 Å². The van der Waals surface area contributed by atoms with Gasteiger partial charge in [-0.2, -0.15) is 0 Å². The SMILES string of the molecule is Cc1cc2[nH]c(C)c(C)c2cc1[N+](=O)[O-]. The van der Waals surface area contributed by atoms with Crippen LogP contribution in [0.25, 0.3) is 10.9 Å². The first-order valence-electron chi connectivity index (χ1n) is 4.74. The van der Waals surface area contributed by atoms with E-state index >= 15 is 0 Å². The van der Waals surface area contributed by atoms with E-state index in [9.17, 15) is 10.1 Å². The van der Waals surface area contributed by atoms with E-state index in [1.807, 2.05) is 19.9 Å². The van der Waals surface area contributed by atoms with Crippen LogP contribution in [0.4, 0.5) is 5.69 Å². The molecule has 0 aliphatic heterocycles. The second-order valence-corrected chi connectivity index (χ2v) is 3.82. The molecule has 0 aliphatic rings. The average molecular weight is 204 g/mol. The Morgan fingerprint density at radius 2 is 1.93 bits per heavy atom. The number of nitrogens with zero attached hydrogens (tertiary/aromatic N) is 1. The molecule has 4 heteroatoms. The van der Waals surface area contributed by atoms with Gasteiger partial charge in [0.25, 0.3) is 5.69 Å². The molecule has 0 unspecified atom stereocenters. The Kier molecular flexibility index (Phi) is 2.00. The molecule has 1 heterocycles. The number of rotatable bonds is 1. The lowest BCUT2D eigenvalue weighted by molar-refractivity contribution is -0.385. The fourth-order valence-corrected chi connectivity index (χ4v) is 1.80. The van der Waals surface area contributed by atoms with Gasteiger partial charge in [0, 0.05) is 28.2 Å². The topological polar surface area (TPSA) is 58.9 Å². The zero-order valence-corrected chi connectivity index (χ0v) is 8.92. The van der Waals surface area contributed by atoms with Crippen molar-refractivity contribution in [3.8, 4) is 0 Å². The molecule has 0 bridgehead atoms. The summed E-state index contributed by atoms with van der Waals surface area (Å²) in [6.45, 7) is 5.69. The largest absolute Gasteiger partial charge is 0.358 e. The number of hydrogen-bond donors (Lipinski definition) is 1. The third-order valence-electron chi connectivity index (χ3n) is 2.82. The summed E-state index contributed by atoms with van der Waals surface area (Å²) < 4.78 is 0. The molecule has 15 heavy (non-hydrogen) atoms. The van der Waals surface area contributed by atoms with Crippen molar-refractivity contribution < 1.29 is 4.92 Å². The Bertz CT molecular complexity index is 555. The number of benzene rings is 1. The molecular weight excluding hydrogens is 192 g/mol. The van der Waals surface area contributed by atoms with Gasteiger partial charge in [-0.1, -0.05) is 0 Å². The molecule has 0 fully saturated rings. The highest BCUT2D eigenvalue weighted by Gasteiger charge is 2.14. The summed E-state index contributed by atoms with van der Waals surface area (Å²) in [5, 5.41) is 11.7. The first-order valence-corrected chi connectivity index (χ1v) is 4.74. The lowest BCUT2D eigenvalue weighted by Crippen LogP contribution is -1.91. The zero-order valence-electron chi connectivity index (χ0n) is 8.92. The van der Waals surface area contributed by atoms with Crippen molar-refractivity contribution in [2.45, 2.75) is 20.8 Å². The first-order chi connectivity index (χ1) is 7.00. The second-order valence-electron chi connectivity index (χ2n) is 3.82. The normalized spacial score (nSPS) is 10.9. The number of H-pyrrole nitrogens is 1. The maximum atomic E-state index is 10.8. The van der Waals surface area contributed by atoms with Gasteiger partial charge in [-0.25, -0.2) is 0 Å². The molecule has 1 aromatic heterocycles. The Labute approximate surface area is 87.1 Å². The molecule has 0 radical (unpaired) electrons. The van der Waals surface area contributed by atoms with Crippen LogP contribution in [-0.4, -0.2) is 9.91 Å². The van der Waals surface area contributed by atoms with Crippen LogP contribution in [0.5, 0.6) is 0 Å². The molecule has 2 rings (SSSR count). The Hall–Kier alpha value is -1.84. The minimum absolute atomic E-state index is 0.185. The third-order valence-corrected chi connectivity index (χ3v) is 2.82. The minimum atomic E-state index is -0.337.